The van der Waals surface area contributed by atoms with Crippen LogP contribution >= 0.6 is 0 Å². The first-order valence-electron chi connectivity index (χ1n) is 8.83. The maximum atomic E-state index is 12.4. The van der Waals surface area contributed by atoms with Crippen molar-refractivity contribution in [2.75, 3.05) is 25.0 Å². The molecule has 2 amide bonds. The Balaban J connectivity index is 1.40. The molecule has 6 heteroatoms. The Kier molecular flexibility index (Phi) is 6.05. The lowest BCUT2D eigenvalue weighted by molar-refractivity contribution is 0.170. The smallest absolute Gasteiger partial charge is 0.321 e. The fraction of sp³-hybridized carbons (Fsp3) is 0.350. The van der Waals surface area contributed by atoms with Gasteiger partial charge >= 0.3 is 6.03 Å². The van der Waals surface area contributed by atoms with E-state index in [1.807, 2.05) is 17.0 Å². The average molecular weight is 350 g/mol. The van der Waals surface area contributed by atoms with E-state index < -0.39 is 0 Å². The van der Waals surface area contributed by atoms with Crippen LogP contribution in [0, 0.1) is 17.2 Å². The van der Waals surface area contributed by atoms with Gasteiger partial charge < -0.3 is 15.0 Å². The number of hydrogen-bond donors (Lipinski definition) is 1. The Morgan fingerprint density at radius 2 is 2.04 bits per heavy atom. The van der Waals surface area contributed by atoms with Crippen LogP contribution in [0.25, 0.3) is 0 Å². The molecule has 2 aromatic rings. The second-order valence-corrected chi connectivity index (χ2v) is 6.37. The van der Waals surface area contributed by atoms with Crippen molar-refractivity contribution in [3.8, 4) is 11.8 Å². The number of pyridine rings is 1. The molecule has 0 saturated carbocycles. The van der Waals surface area contributed by atoms with Crippen molar-refractivity contribution in [2.24, 2.45) is 5.92 Å². The average Bonchev–Trinajstić information content (AvgIpc) is 2.69. The van der Waals surface area contributed by atoms with Gasteiger partial charge in [0.15, 0.2) is 0 Å². The van der Waals surface area contributed by atoms with Crippen molar-refractivity contribution in [1.82, 2.24) is 9.88 Å². The van der Waals surface area contributed by atoms with E-state index in [1.54, 1.807) is 36.7 Å². The Morgan fingerprint density at radius 3 is 2.77 bits per heavy atom. The summed E-state index contributed by atoms with van der Waals surface area (Å²) in [6, 6.07) is 12.6. The minimum Gasteiger partial charge on any atom is -0.493 e. The first-order valence-corrected chi connectivity index (χ1v) is 8.83. The van der Waals surface area contributed by atoms with Crippen molar-refractivity contribution < 1.29 is 9.53 Å². The molecule has 134 valence electrons. The van der Waals surface area contributed by atoms with Crippen molar-refractivity contribution >= 4 is 11.7 Å². The molecule has 2 heterocycles. The number of rotatable bonds is 5. The van der Waals surface area contributed by atoms with Crippen LogP contribution in [-0.4, -0.2) is 35.6 Å². The summed E-state index contributed by atoms with van der Waals surface area (Å²) >= 11 is 0. The number of likely N-dealkylation sites (tertiary alicyclic amines) is 1. The number of hydrogen-bond acceptors (Lipinski definition) is 4. The first-order chi connectivity index (χ1) is 12.7. The van der Waals surface area contributed by atoms with Crippen LogP contribution in [0.5, 0.6) is 5.75 Å². The number of urea groups is 1. The zero-order valence-corrected chi connectivity index (χ0v) is 14.6. The highest BCUT2D eigenvalue weighted by molar-refractivity contribution is 5.89. The standard InChI is InChI=1S/C20H22N4O2/c21-15-17-2-1-3-18(14-17)23-20(25)24-11-6-16(7-12-24)8-13-26-19-4-9-22-10-5-19/h1-5,9-10,14,16H,6-8,11-13H2,(H,23,25). The van der Waals surface area contributed by atoms with Gasteiger partial charge in [-0.05, 0) is 55.5 Å². The summed E-state index contributed by atoms with van der Waals surface area (Å²) < 4.78 is 5.72. The molecule has 3 rings (SSSR count). The highest BCUT2D eigenvalue weighted by Gasteiger charge is 2.22. The maximum Gasteiger partial charge on any atom is 0.321 e. The van der Waals surface area contributed by atoms with E-state index in [0.29, 0.717) is 23.8 Å². The molecule has 1 saturated heterocycles. The molecule has 6 nitrogen and oxygen atoms in total. The molecule has 0 aliphatic carbocycles. The lowest BCUT2D eigenvalue weighted by atomic mass is 9.94. The third kappa shape index (κ3) is 4.96. The third-order valence-corrected chi connectivity index (χ3v) is 4.59. The molecule has 1 aliphatic heterocycles. The molecule has 26 heavy (non-hydrogen) atoms. The minimum atomic E-state index is -0.105. The highest BCUT2D eigenvalue weighted by atomic mass is 16.5. The van der Waals surface area contributed by atoms with Crippen LogP contribution in [0.4, 0.5) is 10.5 Å². The molecule has 1 aromatic heterocycles. The quantitative estimate of drug-likeness (QED) is 0.892. The van der Waals surface area contributed by atoms with Gasteiger partial charge in [0.05, 0.1) is 18.2 Å². The zero-order chi connectivity index (χ0) is 18.2. The van der Waals surface area contributed by atoms with E-state index in [9.17, 15) is 4.79 Å². The Labute approximate surface area is 153 Å². The van der Waals surface area contributed by atoms with Gasteiger partial charge in [-0.3, -0.25) is 4.98 Å². The van der Waals surface area contributed by atoms with Crippen molar-refractivity contribution in [3.05, 3.63) is 54.4 Å². The minimum absolute atomic E-state index is 0.105. The molecule has 0 atom stereocenters. The van der Waals surface area contributed by atoms with Crippen LogP contribution in [0.15, 0.2) is 48.8 Å². The van der Waals surface area contributed by atoms with Crippen LogP contribution in [0.2, 0.25) is 0 Å². The summed E-state index contributed by atoms with van der Waals surface area (Å²) in [5.41, 5.74) is 1.19. The summed E-state index contributed by atoms with van der Waals surface area (Å²) in [4.78, 5) is 18.2. The number of ether oxygens (including phenoxy) is 1. The molecular weight excluding hydrogens is 328 g/mol. The van der Waals surface area contributed by atoms with Crippen LogP contribution < -0.4 is 10.1 Å². The number of amides is 2. The summed E-state index contributed by atoms with van der Waals surface area (Å²) in [5.74, 6) is 1.42. The third-order valence-electron chi connectivity index (χ3n) is 4.59. The highest BCUT2D eigenvalue weighted by Crippen LogP contribution is 2.22. The molecule has 0 radical (unpaired) electrons. The number of carbonyl (C=O) groups excluding carboxylic acids is 1. The second kappa shape index (κ2) is 8.86. The van der Waals surface area contributed by atoms with Crippen molar-refractivity contribution in [2.45, 2.75) is 19.3 Å². The number of piperidine rings is 1. The lowest BCUT2D eigenvalue weighted by Gasteiger charge is -2.32. The molecule has 1 fully saturated rings. The van der Waals surface area contributed by atoms with Gasteiger partial charge in [0, 0.05) is 31.2 Å². The monoisotopic (exact) mass is 350 g/mol. The number of benzene rings is 1. The van der Waals surface area contributed by atoms with Gasteiger partial charge in [0.2, 0.25) is 0 Å². The first kappa shape index (κ1) is 17.7. The number of aromatic nitrogens is 1. The Bertz CT molecular complexity index is 765. The topological polar surface area (TPSA) is 78.2 Å². The fourth-order valence-electron chi connectivity index (χ4n) is 3.07. The van der Waals surface area contributed by atoms with Gasteiger partial charge in [-0.2, -0.15) is 5.26 Å². The Hall–Kier alpha value is -3.07. The summed E-state index contributed by atoms with van der Waals surface area (Å²) in [5, 5.41) is 11.8. The van der Waals surface area contributed by atoms with E-state index in [0.717, 1.165) is 38.1 Å². The second-order valence-electron chi connectivity index (χ2n) is 6.37. The molecule has 0 bridgehead atoms. The number of nitriles is 1. The predicted molar refractivity (Wildman–Crippen MR) is 98.8 cm³/mol. The molecular formula is C20H22N4O2. The van der Waals surface area contributed by atoms with Gasteiger partial charge in [-0.25, -0.2) is 4.79 Å². The number of carbonyl (C=O) groups is 1. The van der Waals surface area contributed by atoms with Gasteiger partial charge in [-0.1, -0.05) is 6.07 Å². The zero-order valence-electron chi connectivity index (χ0n) is 14.6. The number of nitrogens with one attached hydrogen (secondary N) is 1. The molecule has 1 aliphatic rings. The van der Waals surface area contributed by atoms with Crippen LogP contribution in [0.3, 0.4) is 0 Å². The van der Waals surface area contributed by atoms with E-state index in [-0.39, 0.29) is 6.03 Å². The van der Waals surface area contributed by atoms with E-state index in [2.05, 4.69) is 16.4 Å². The molecule has 0 spiro atoms. The largest absolute Gasteiger partial charge is 0.493 e. The number of anilines is 1. The van der Waals surface area contributed by atoms with Crippen LogP contribution in [0.1, 0.15) is 24.8 Å². The SMILES string of the molecule is N#Cc1cccc(NC(=O)N2CCC(CCOc3ccncc3)CC2)c1. The molecule has 1 N–H and O–H groups in total. The summed E-state index contributed by atoms with van der Waals surface area (Å²) in [6.07, 6.45) is 6.39. The molecule has 0 unspecified atom stereocenters. The van der Waals surface area contributed by atoms with Gasteiger partial charge in [-0.15, -0.1) is 0 Å². The van der Waals surface area contributed by atoms with Crippen molar-refractivity contribution in [3.63, 3.8) is 0 Å². The van der Waals surface area contributed by atoms with E-state index in [4.69, 9.17) is 10.00 Å². The lowest BCUT2D eigenvalue weighted by Crippen LogP contribution is -2.41. The predicted octanol–water partition coefficient (Wildman–Crippen LogP) is 3.67. The summed E-state index contributed by atoms with van der Waals surface area (Å²) in [6.45, 7) is 2.16. The normalized spacial score (nSPS) is 14.5. The van der Waals surface area contributed by atoms with Gasteiger partial charge in [0.25, 0.3) is 0 Å². The fourth-order valence-corrected chi connectivity index (χ4v) is 3.07. The Morgan fingerprint density at radius 1 is 1.27 bits per heavy atom. The van der Waals surface area contributed by atoms with Crippen molar-refractivity contribution in [1.29, 1.82) is 5.26 Å². The van der Waals surface area contributed by atoms with Gasteiger partial charge in [0.1, 0.15) is 5.75 Å². The van der Waals surface area contributed by atoms with E-state index >= 15 is 0 Å². The van der Waals surface area contributed by atoms with E-state index in [1.165, 1.54) is 0 Å². The summed E-state index contributed by atoms with van der Waals surface area (Å²) in [7, 11) is 0. The maximum absolute atomic E-state index is 12.4. The van der Waals surface area contributed by atoms with Crippen LogP contribution in [-0.2, 0) is 0 Å². The number of nitrogens with zero attached hydrogens (tertiary/aromatic N) is 3. The molecule has 1 aromatic carbocycles.